The van der Waals surface area contributed by atoms with E-state index in [1.54, 1.807) is 28.4 Å². The third kappa shape index (κ3) is 3.36. The molecule has 7 nitrogen and oxygen atoms in total. The van der Waals surface area contributed by atoms with E-state index in [0.717, 1.165) is 19.3 Å². The number of hydrogen-bond donors (Lipinski definition) is 0. The lowest BCUT2D eigenvalue weighted by atomic mass is 9.76. The maximum Gasteiger partial charge on any atom is 0.289 e. The van der Waals surface area contributed by atoms with Gasteiger partial charge in [0.2, 0.25) is 10.0 Å². The molecular formula is C16H24N2O5S. The molecule has 2 aliphatic rings. The van der Waals surface area contributed by atoms with E-state index in [2.05, 4.69) is 0 Å². The van der Waals surface area contributed by atoms with Gasteiger partial charge >= 0.3 is 0 Å². The Morgan fingerprint density at radius 3 is 2.67 bits per heavy atom. The minimum absolute atomic E-state index is 0.0633. The molecule has 8 heteroatoms. The third-order valence-electron chi connectivity index (χ3n) is 5.20. The fourth-order valence-corrected chi connectivity index (χ4v) is 5.14. The molecule has 0 radical (unpaired) electrons. The highest BCUT2D eigenvalue weighted by atomic mass is 32.2. The lowest BCUT2D eigenvalue weighted by molar-refractivity contribution is 0.0565. The maximum absolute atomic E-state index is 12.4. The maximum atomic E-state index is 12.4. The molecule has 3 heterocycles. The van der Waals surface area contributed by atoms with Crippen molar-refractivity contribution in [3.63, 3.8) is 0 Å². The van der Waals surface area contributed by atoms with Crippen molar-refractivity contribution < 1.29 is 22.4 Å². The number of hydrogen-bond acceptors (Lipinski definition) is 5. The monoisotopic (exact) mass is 356 g/mol. The summed E-state index contributed by atoms with van der Waals surface area (Å²) >= 11 is 0. The van der Waals surface area contributed by atoms with Gasteiger partial charge in [0.05, 0.1) is 19.1 Å². The lowest BCUT2D eigenvalue weighted by Gasteiger charge is -2.38. The Bertz CT molecular complexity index is 677. The number of furan rings is 1. The van der Waals surface area contributed by atoms with E-state index in [1.807, 2.05) is 0 Å². The molecule has 2 saturated heterocycles. The predicted molar refractivity (Wildman–Crippen MR) is 88.1 cm³/mol. The summed E-state index contributed by atoms with van der Waals surface area (Å²) in [6, 6.07) is 3.26. The van der Waals surface area contributed by atoms with E-state index in [-0.39, 0.29) is 17.4 Å². The van der Waals surface area contributed by atoms with E-state index in [1.165, 1.54) is 12.5 Å². The zero-order chi connectivity index (χ0) is 17.4. The summed E-state index contributed by atoms with van der Waals surface area (Å²) in [6.07, 6.45) is 5.13. The first kappa shape index (κ1) is 17.4. The number of amides is 1. The van der Waals surface area contributed by atoms with Crippen LogP contribution in [0.5, 0.6) is 0 Å². The summed E-state index contributed by atoms with van der Waals surface area (Å²) in [5, 5.41) is 0. The number of likely N-dealkylation sites (tertiary alicyclic amines) is 1. The first-order chi connectivity index (χ1) is 11.3. The van der Waals surface area contributed by atoms with Gasteiger partial charge in [-0.2, -0.15) is 4.31 Å². The Morgan fingerprint density at radius 1 is 1.42 bits per heavy atom. The number of ether oxygens (including phenoxy) is 1. The molecule has 134 valence electrons. The smallest absolute Gasteiger partial charge is 0.289 e. The summed E-state index contributed by atoms with van der Waals surface area (Å²) < 4.78 is 36.1. The van der Waals surface area contributed by atoms with Crippen molar-refractivity contribution >= 4 is 15.9 Å². The van der Waals surface area contributed by atoms with Gasteiger partial charge < -0.3 is 14.1 Å². The largest absolute Gasteiger partial charge is 0.459 e. The highest BCUT2D eigenvalue weighted by Crippen LogP contribution is 2.44. The molecule has 1 aromatic rings. The van der Waals surface area contributed by atoms with Crippen molar-refractivity contribution in [1.82, 2.24) is 9.21 Å². The van der Waals surface area contributed by atoms with Crippen LogP contribution in [0.4, 0.5) is 0 Å². The Kier molecular flexibility index (Phi) is 4.72. The number of methoxy groups -OCH3 is 1. The molecule has 1 amide bonds. The van der Waals surface area contributed by atoms with Gasteiger partial charge in [0.1, 0.15) is 0 Å². The predicted octanol–water partition coefficient (Wildman–Crippen LogP) is 1.18. The zero-order valence-electron chi connectivity index (χ0n) is 14.1. The van der Waals surface area contributed by atoms with Gasteiger partial charge in [-0.25, -0.2) is 8.42 Å². The minimum Gasteiger partial charge on any atom is -0.459 e. The van der Waals surface area contributed by atoms with Gasteiger partial charge in [-0.3, -0.25) is 4.79 Å². The number of rotatable bonds is 4. The molecule has 2 fully saturated rings. The SMILES string of the molecule is COC[C@@H]1CC2(CCN(C(=O)c3ccco3)CC2)CN1S(C)(=O)=O. The summed E-state index contributed by atoms with van der Waals surface area (Å²) in [5.74, 6) is 0.258. The van der Waals surface area contributed by atoms with E-state index in [0.29, 0.717) is 32.0 Å². The van der Waals surface area contributed by atoms with Gasteiger partial charge in [-0.1, -0.05) is 0 Å². The number of carbonyl (C=O) groups is 1. The zero-order valence-corrected chi connectivity index (χ0v) is 14.9. The van der Waals surface area contributed by atoms with Crippen LogP contribution in [0.2, 0.25) is 0 Å². The van der Waals surface area contributed by atoms with Crippen molar-refractivity contribution in [3.05, 3.63) is 24.2 Å². The number of piperidine rings is 1. The molecule has 1 spiro atoms. The highest BCUT2D eigenvalue weighted by Gasteiger charge is 2.48. The van der Waals surface area contributed by atoms with Gasteiger partial charge in [-0.05, 0) is 36.8 Å². The number of nitrogens with zero attached hydrogens (tertiary/aromatic N) is 2. The van der Waals surface area contributed by atoms with E-state index >= 15 is 0 Å². The molecule has 0 saturated carbocycles. The van der Waals surface area contributed by atoms with E-state index < -0.39 is 10.0 Å². The van der Waals surface area contributed by atoms with Crippen LogP contribution < -0.4 is 0 Å². The molecule has 0 aliphatic carbocycles. The van der Waals surface area contributed by atoms with Gasteiger partial charge in [0.15, 0.2) is 5.76 Å². The van der Waals surface area contributed by atoms with Gasteiger partial charge in [-0.15, -0.1) is 0 Å². The molecule has 24 heavy (non-hydrogen) atoms. The molecule has 1 atom stereocenters. The third-order valence-corrected chi connectivity index (χ3v) is 6.47. The van der Waals surface area contributed by atoms with Crippen molar-refractivity contribution in [2.24, 2.45) is 5.41 Å². The van der Waals surface area contributed by atoms with Crippen LogP contribution in [0.15, 0.2) is 22.8 Å². The van der Waals surface area contributed by atoms with Crippen LogP contribution in [0.1, 0.15) is 29.8 Å². The van der Waals surface area contributed by atoms with Gasteiger partial charge in [0.25, 0.3) is 5.91 Å². The van der Waals surface area contributed by atoms with Crippen LogP contribution in [-0.2, 0) is 14.8 Å². The topological polar surface area (TPSA) is 80.1 Å². The highest BCUT2D eigenvalue weighted by molar-refractivity contribution is 7.88. The fourth-order valence-electron chi connectivity index (χ4n) is 3.95. The average Bonchev–Trinajstić information content (AvgIpc) is 3.16. The normalized spacial score (nSPS) is 24.6. The number of carbonyl (C=O) groups excluding carboxylic acids is 1. The Labute approximate surface area is 142 Å². The van der Waals surface area contributed by atoms with Crippen LogP contribution in [-0.4, -0.2) is 69.2 Å². The molecule has 3 rings (SSSR count). The van der Waals surface area contributed by atoms with E-state index in [9.17, 15) is 13.2 Å². The summed E-state index contributed by atoms with van der Waals surface area (Å²) in [4.78, 5) is 14.2. The van der Waals surface area contributed by atoms with Crippen LogP contribution in [0.25, 0.3) is 0 Å². The first-order valence-electron chi connectivity index (χ1n) is 8.13. The Morgan fingerprint density at radius 2 is 2.12 bits per heavy atom. The molecule has 0 N–H and O–H groups in total. The summed E-state index contributed by atoms with van der Waals surface area (Å²) in [7, 11) is -1.66. The first-order valence-corrected chi connectivity index (χ1v) is 9.98. The van der Waals surface area contributed by atoms with E-state index in [4.69, 9.17) is 9.15 Å². The molecule has 0 bridgehead atoms. The Balaban J connectivity index is 1.68. The van der Waals surface area contributed by atoms with Crippen LogP contribution in [0.3, 0.4) is 0 Å². The van der Waals surface area contributed by atoms with Crippen LogP contribution in [0, 0.1) is 5.41 Å². The molecule has 0 aromatic carbocycles. The van der Waals surface area contributed by atoms with Crippen molar-refractivity contribution in [2.75, 3.05) is 39.6 Å². The second-order valence-corrected chi connectivity index (χ2v) is 8.83. The molecule has 2 aliphatic heterocycles. The molecular weight excluding hydrogens is 332 g/mol. The number of sulfonamides is 1. The molecule has 0 unspecified atom stereocenters. The van der Waals surface area contributed by atoms with Crippen molar-refractivity contribution in [2.45, 2.75) is 25.3 Å². The average molecular weight is 356 g/mol. The second-order valence-electron chi connectivity index (χ2n) is 6.89. The summed E-state index contributed by atoms with van der Waals surface area (Å²) in [5.41, 5.74) is -0.0633. The quantitative estimate of drug-likeness (QED) is 0.809. The van der Waals surface area contributed by atoms with Gasteiger partial charge in [0, 0.05) is 32.8 Å². The fraction of sp³-hybridized carbons (Fsp3) is 0.688. The standard InChI is InChI=1S/C16H24N2O5S/c1-22-11-13-10-16(12-18(13)24(2,20)21)5-7-17(8-6-16)15(19)14-4-3-9-23-14/h3-4,9,13H,5-8,10-12H2,1-2H3/t13-/m0/s1. The van der Waals surface area contributed by atoms with Crippen molar-refractivity contribution in [1.29, 1.82) is 0 Å². The Hall–Kier alpha value is -1.38. The summed E-state index contributed by atoms with van der Waals surface area (Å²) in [6.45, 7) is 2.17. The lowest BCUT2D eigenvalue weighted by Crippen LogP contribution is -2.44. The van der Waals surface area contributed by atoms with Crippen molar-refractivity contribution in [3.8, 4) is 0 Å². The molecule has 1 aromatic heterocycles. The second kappa shape index (κ2) is 6.50. The minimum atomic E-state index is -3.26. The van der Waals surface area contributed by atoms with Crippen LogP contribution >= 0.6 is 0 Å².